The Kier molecular flexibility index (Phi) is 11.7. The van der Waals surface area contributed by atoms with Gasteiger partial charge >= 0.3 is 0 Å². The van der Waals surface area contributed by atoms with E-state index in [0.29, 0.717) is 12.0 Å². The monoisotopic (exact) mass is 362 g/mol. The third kappa shape index (κ3) is 7.30. The lowest BCUT2D eigenvalue weighted by molar-refractivity contribution is 0.100. The minimum Gasteiger partial charge on any atom is -0.490 e. The lowest BCUT2D eigenvalue weighted by atomic mass is 9.88. The maximum atomic E-state index is 6.36. The van der Waals surface area contributed by atoms with Crippen LogP contribution < -0.4 is 10.1 Å². The molecular weight excluding hydrogens is 331 g/mol. The van der Waals surface area contributed by atoms with Gasteiger partial charge in [-0.25, -0.2) is 0 Å². The van der Waals surface area contributed by atoms with Crippen LogP contribution in [0, 0.1) is 5.92 Å². The highest BCUT2D eigenvalue weighted by Crippen LogP contribution is 2.30. The predicted octanol–water partition coefficient (Wildman–Crippen LogP) is 4.14. The van der Waals surface area contributed by atoms with Gasteiger partial charge in [-0.15, -0.1) is 24.8 Å². The van der Waals surface area contributed by atoms with Crippen molar-refractivity contribution in [1.29, 1.82) is 0 Å². The van der Waals surface area contributed by atoms with Crippen molar-refractivity contribution < 1.29 is 4.74 Å². The maximum absolute atomic E-state index is 6.36. The van der Waals surface area contributed by atoms with Gasteiger partial charge in [-0.2, -0.15) is 0 Å². The number of hydrogen-bond acceptors (Lipinski definition) is 3. The summed E-state index contributed by atoms with van der Waals surface area (Å²) >= 11 is 0. The molecule has 1 aliphatic carbocycles. The van der Waals surface area contributed by atoms with Gasteiger partial charge in [0.15, 0.2) is 0 Å². The Hall–Kier alpha value is -0.480. The van der Waals surface area contributed by atoms with Crippen LogP contribution in [0.1, 0.15) is 38.2 Å². The lowest BCUT2D eigenvalue weighted by Gasteiger charge is -2.30. The van der Waals surface area contributed by atoms with Crippen LogP contribution in [-0.2, 0) is 6.54 Å². The molecule has 0 amide bonds. The molecule has 1 fully saturated rings. The number of rotatable bonds is 7. The quantitative estimate of drug-likeness (QED) is 0.788. The molecule has 0 aromatic heterocycles. The van der Waals surface area contributed by atoms with E-state index in [1.54, 1.807) is 0 Å². The van der Waals surface area contributed by atoms with E-state index in [1.165, 1.54) is 31.2 Å². The number of halogens is 2. The SMILES string of the molecule is CNCCN(C)Cc1ccccc1O[C@H]1CCCC[C@@H]1C.Cl.Cl. The van der Waals surface area contributed by atoms with Gasteiger partial charge in [-0.1, -0.05) is 31.5 Å². The first-order valence-corrected chi connectivity index (χ1v) is 8.28. The molecule has 1 N–H and O–H groups in total. The van der Waals surface area contributed by atoms with Gasteiger partial charge in [0.25, 0.3) is 0 Å². The number of benzene rings is 1. The third-order valence-corrected chi connectivity index (χ3v) is 4.47. The van der Waals surface area contributed by atoms with Gasteiger partial charge in [0.1, 0.15) is 11.9 Å². The normalized spacial score (nSPS) is 20.5. The van der Waals surface area contributed by atoms with Crippen LogP contribution in [0.15, 0.2) is 24.3 Å². The van der Waals surface area contributed by atoms with Crippen LogP contribution in [-0.4, -0.2) is 38.2 Å². The molecule has 0 bridgehead atoms. The summed E-state index contributed by atoms with van der Waals surface area (Å²) in [6.07, 6.45) is 5.55. The second-order valence-electron chi connectivity index (χ2n) is 6.37. The summed E-state index contributed by atoms with van der Waals surface area (Å²) in [6.45, 7) is 5.33. The van der Waals surface area contributed by atoms with Crippen molar-refractivity contribution in [3.05, 3.63) is 29.8 Å². The van der Waals surface area contributed by atoms with Crippen LogP contribution in [0.25, 0.3) is 0 Å². The molecule has 5 heteroatoms. The zero-order valence-electron chi connectivity index (χ0n) is 14.6. The number of nitrogens with one attached hydrogen (secondary N) is 1. The Bertz CT molecular complexity index is 431. The second-order valence-corrected chi connectivity index (χ2v) is 6.37. The molecule has 0 spiro atoms. The molecule has 1 saturated carbocycles. The van der Waals surface area contributed by atoms with Gasteiger partial charge < -0.3 is 15.0 Å². The maximum Gasteiger partial charge on any atom is 0.124 e. The van der Waals surface area contributed by atoms with Crippen LogP contribution >= 0.6 is 24.8 Å². The minimum absolute atomic E-state index is 0. The molecule has 0 saturated heterocycles. The summed E-state index contributed by atoms with van der Waals surface area (Å²) in [6, 6.07) is 8.51. The predicted molar refractivity (Wildman–Crippen MR) is 103 cm³/mol. The standard InChI is InChI=1S/C18H30N2O.2ClH/c1-15-8-4-6-10-17(15)21-18-11-7-5-9-16(18)14-20(3)13-12-19-2;;/h5,7,9,11,15,17,19H,4,6,8,10,12-14H2,1-3H3;2*1H/t15-,17-;;/m0../s1. The molecule has 23 heavy (non-hydrogen) atoms. The molecule has 1 aliphatic rings. The van der Waals surface area contributed by atoms with E-state index >= 15 is 0 Å². The van der Waals surface area contributed by atoms with Gasteiger partial charge in [0.2, 0.25) is 0 Å². The Morgan fingerprint density at radius 2 is 1.87 bits per heavy atom. The lowest BCUT2D eigenvalue weighted by Crippen LogP contribution is -2.30. The number of ether oxygens (including phenoxy) is 1. The average molecular weight is 363 g/mol. The zero-order valence-corrected chi connectivity index (χ0v) is 16.2. The fourth-order valence-electron chi connectivity index (χ4n) is 3.04. The largest absolute Gasteiger partial charge is 0.490 e. The van der Waals surface area contributed by atoms with Gasteiger partial charge in [-0.05, 0) is 45.3 Å². The van der Waals surface area contributed by atoms with E-state index in [-0.39, 0.29) is 24.8 Å². The van der Waals surface area contributed by atoms with Crippen molar-refractivity contribution in [2.24, 2.45) is 5.92 Å². The van der Waals surface area contributed by atoms with Gasteiger partial charge in [0.05, 0.1) is 0 Å². The number of nitrogens with zero attached hydrogens (tertiary/aromatic N) is 1. The Balaban J connectivity index is 0.00000242. The van der Waals surface area contributed by atoms with Crippen LogP contribution in [0.4, 0.5) is 0 Å². The van der Waals surface area contributed by atoms with Gasteiger partial charge in [-0.3, -0.25) is 0 Å². The molecular formula is C18H32Cl2N2O. The van der Waals surface area contributed by atoms with Crippen molar-refractivity contribution in [3.8, 4) is 5.75 Å². The van der Waals surface area contributed by atoms with Crippen LogP contribution in [0.2, 0.25) is 0 Å². The first-order valence-electron chi connectivity index (χ1n) is 8.28. The Labute approximate surface area is 154 Å². The molecule has 0 radical (unpaired) electrons. The number of hydrogen-bond donors (Lipinski definition) is 1. The molecule has 1 aromatic carbocycles. The highest BCUT2D eigenvalue weighted by molar-refractivity contribution is 5.85. The highest BCUT2D eigenvalue weighted by atomic mass is 35.5. The highest BCUT2D eigenvalue weighted by Gasteiger charge is 2.23. The molecule has 0 aliphatic heterocycles. The topological polar surface area (TPSA) is 24.5 Å². The second kappa shape index (κ2) is 12.0. The molecule has 134 valence electrons. The molecule has 0 unspecified atom stereocenters. The molecule has 3 nitrogen and oxygen atoms in total. The Morgan fingerprint density at radius 1 is 1.17 bits per heavy atom. The van der Waals surface area contributed by atoms with Crippen molar-refractivity contribution in [2.75, 3.05) is 27.2 Å². The Morgan fingerprint density at radius 3 is 2.57 bits per heavy atom. The van der Waals surface area contributed by atoms with Crippen LogP contribution in [0.3, 0.4) is 0 Å². The minimum atomic E-state index is 0. The van der Waals surface area contributed by atoms with Crippen molar-refractivity contribution in [3.63, 3.8) is 0 Å². The summed E-state index contributed by atoms with van der Waals surface area (Å²) in [5.41, 5.74) is 1.30. The summed E-state index contributed by atoms with van der Waals surface area (Å²) in [5, 5.41) is 3.20. The molecule has 2 atom stereocenters. The molecule has 0 heterocycles. The third-order valence-electron chi connectivity index (χ3n) is 4.47. The summed E-state index contributed by atoms with van der Waals surface area (Å²) < 4.78 is 6.36. The molecule has 1 aromatic rings. The van der Waals surface area contributed by atoms with E-state index in [9.17, 15) is 0 Å². The fourth-order valence-corrected chi connectivity index (χ4v) is 3.04. The van der Waals surface area contributed by atoms with E-state index in [0.717, 1.165) is 25.4 Å². The first kappa shape index (κ1) is 22.5. The van der Waals surface area contributed by atoms with Crippen molar-refractivity contribution >= 4 is 24.8 Å². The number of para-hydroxylation sites is 1. The van der Waals surface area contributed by atoms with E-state index in [2.05, 4.69) is 48.5 Å². The summed E-state index contributed by atoms with van der Waals surface area (Å²) in [7, 11) is 4.16. The fraction of sp³-hybridized carbons (Fsp3) is 0.667. The first-order chi connectivity index (χ1) is 10.2. The van der Waals surface area contributed by atoms with E-state index in [1.807, 2.05) is 7.05 Å². The van der Waals surface area contributed by atoms with Crippen molar-refractivity contribution in [1.82, 2.24) is 10.2 Å². The average Bonchev–Trinajstić information content (AvgIpc) is 2.49. The van der Waals surface area contributed by atoms with E-state index < -0.39 is 0 Å². The zero-order chi connectivity index (χ0) is 15.1. The van der Waals surface area contributed by atoms with Crippen molar-refractivity contribution in [2.45, 2.75) is 45.3 Å². The van der Waals surface area contributed by atoms with Gasteiger partial charge in [0, 0.05) is 25.2 Å². The van der Waals surface area contributed by atoms with Crippen LogP contribution in [0.5, 0.6) is 5.75 Å². The summed E-state index contributed by atoms with van der Waals surface area (Å²) in [4.78, 5) is 2.34. The smallest absolute Gasteiger partial charge is 0.124 e. The summed E-state index contributed by atoms with van der Waals surface area (Å²) in [5.74, 6) is 1.75. The molecule has 2 rings (SSSR count). The van der Waals surface area contributed by atoms with E-state index in [4.69, 9.17) is 4.74 Å². The number of likely N-dealkylation sites (N-methyl/N-ethyl adjacent to an activating group) is 2.